The molecule has 0 radical (unpaired) electrons. The molecule has 276 valence electrons. The highest BCUT2D eigenvalue weighted by atomic mass is 31.2. The molecule has 0 saturated carbocycles. The van der Waals surface area contributed by atoms with Gasteiger partial charge in [-0.3, -0.25) is 23.4 Å². The SMILES string of the molecule is CCCC/C=C/CCCCCCCCCCCC(=O)O[C@@H](COC(=O)CCCCCCCCCC)COP(=O)(O)OC[C@H](N)C(=O)O. The fourth-order valence-corrected chi connectivity index (χ4v) is 5.59. The number of carbonyl (C=O) groups is 3. The van der Waals surface area contributed by atoms with Gasteiger partial charge in [-0.2, -0.15) is 0 Å². The topological polar surface area (TPSA) is 172 Å². The Balaban J connectivity index is 4.41. The van der Waals surface area contributed by atoms with Crippen LogP contribution in [0.5, 0.6) is 0 Å². The summed E-state index contributed by atoms with van der Waals surface area (Å²) in [5, 5.41) is 8.83. The zero-order chi connectivity index (χ0) is 35.0. The van der Waals surface area contributed by atoms with Crippen LogP contribution in [-0.4, -0.2) is 59.9 Å². The van der Waals surface area contributed by atoms with Crippen molar-refractivity contribution in [1.82, 2.24) is 0 Å². The van der Waals surface area contributed by atoms with E-state index < -0.39 is 51.1 Å². The lowest BCUT2D eigenvalue weighted by atomic mass is 10.1. The molecule has 0 aromatic carbocycles. The summed E-state index contributed by atoms with van der Waals surface area (Å²) < 4.78 is 32.4. The number of carbonyl (C=O) groups excluding carboxylic acids is 2. The summed E-state index contributed by atoms with van der Waals surface area (Å²) in [5.41, 5.74) is 5.30. The first-order chi connectivity index (χ1) is 22.6. The van der Waals surface area contributed by atoms with Crippen molar-refractivity contribution in [2.75, 3.05) is 19.8 Å². The summed E-state index contributed by atoms with van der Waals surface area (Å²) in [6, 6.07) is -1.52. The van der Waals surface area contributed by atoms with Gasteiger partial charge in [0, 0.05) is 12.8 Å². The molecule has 3 atom stereocenters. The minimum absolute atomic E-state index is 0.162. The number of esters is 2. The van der Waals surface area contributed by atoms with E-state index in [1.807, 2.05) is 0 Å². The highest BCUT2D eigenvalue weighted by molar-refractivity contribution is 7.47. The molecule has 47 heavy (non-hydrogen) atoms. The lowest BCUT2D eigenvalue weighted by Crippen LogP contribution is -2.34. The molecule has 0 amide bonds. The van der Waals surface area contributed by atoms with Crippen LogP contribution in [0.2, 0.25) is 0 Å². The second-order valence-corrected chi connectivity index (χ2v) is 13.8. The number of hydrogen-bond acceptors (Lipinski definition) is 9. The van der Waals surface area contributed by atoms with Gasteiger partial charge in [-0.05, 0) is 32.1 Å². The first-order valence-corrected chi connectivity index (χ1v) is 19.7. The van der Waals surface area contributed by atoms with Crippen LogP contribution in [0.15, 0.2) is 12.2 Å². The van der Waals surface area contributed by atoms with E-state index in [1.54, 1.807) is 0 Å². The highest BCUT2D eigenvalue weighted by Crippen LogP contribution is 2.43. The van der Waals surface area contributed by atoms with Crippen LogP contribution in [0.1, 0.15) is 162 Å². The maximum atomic E-state index is 12.5. The number of hydrogen-bond donors (Lipinski definition) is 3. The number of unbranched alkanes of at least 4 members (excludes halogenated alkanes) is 18. The first kappa shape index (κ1) is 45.2. The van der Waals surface area contributed by atoms with Crippen molar-refractivity contribution in [1.29, 1.82) is 0 Å². The summed E-state index contributed by atoms with van der Waals surface area (Å²) in [4.78, 5) is 45.5. The molecule has 0 bridgehead atoms. The minimum atomic E-state index is -4.70. The van der Waals surface area contributed by atoms with Gasteiger partial charge in [-0.15, -0.1) is 0 Å². The Kier molecular flexibility index (Phi) is 30.3. The van der Waals surface area contributed by atoms with Crippen LogP contribution < -0.4 is 5.73 Å². The Hall–Kier alpha value is -1.78. The van der Waals surface area contributed by atoms with Crippen molar-refractivity contribution in [2.45, 2.75) is 174 Å². The third kappa shape index (κ3) is 31.3. The molecule has 0 fully saturated rings. The fraction of sp³-hybridized carbons (Fsp3) is 0.857. The monoisotopic (exact) mass is 691 g/mol. The van der Waals surface area contributed by atoms with E-state index in [9.17, 15) is 23.8 Å². The van der Waals surface area contributed by atoms with E-state index in [0.29, 0.717) is 12.8 Å². The quantitative estimate of drug-likeness (QED) is 0.0255. The van der Waals surface area contributed by atoms with E-state index in [1.165, 1.54) is 83.5 Å². The summed E-state index contributed by atoms with van der Waals surface area (Å²) in [5.74, 6) is -2.38. The van der Waals surface area contributed by atoms with Crippen LogP contribution in [0, 0.1) is 0 Å². The Morgan fingerprint density at radius 3 is 1.62 bits per heavy atom. The summed E-state index contributed by atoms with van der Waals surface area (Å²) >= 11 is 0. The number of allylic oxidation sites excluding steroid dienone is 2. The van der Waals surface area contributed by atoms with E-state index in [0.717, 1.165) is 38.5 Å². The number of phosphoric acid groups is 1. The molecule has 0 aliphatic rings. The minimum Gasteiger partial charge on any atom is -0.480 e. The molecule has 0 aromatic heterocycles. The van der Waals surface area contributed by atoms with Crippen molar-refractivity contribution >= 4 is 25.7 Å². The van der Waals surface area contributed by atoms with Gasteiger partial charge in [0.15, 0.2) is 6.10 Å². The van der Waals surface area contributed by atoms with Crippen LogP contribution in [0.3, 0.4) is 0 Å². The molecule has 1 unspecified atom stereocenters. The molecule has 11 nitrogen and oxygen atoms in total. The highest BCUT2D eigenvalue weighted by Gasteiger charge is 2.28. The number of carboxylic acid groups (broad SMARTS) is 1. The largest absolute Gasteiger partial charge is 0.480 e. The molecule has 4 N–H and O–H groups in total. The van der Waals surface area contributed by atoms with E-state index in [2.05, 4.69) is 30.5 Å². The molecule has 0 aromatic rings. The summed E-state index contributed by atoms with van der Waals surface area (Å²) in [6.07, 6.45) is 27.2. The number of phosphoric ester groups is 1. The van der Waals surface area contributed by atoms with Gasteiger partial charge < -0.3 is 25.2 Å². The predicted molar refractivity (Wildman–Crippen MR) is 185 cm³/mol. The summed E-state index contributed by atoms with van der Waals surface area (Å²) in [6.45, 7) is 2.71. The maximum absolute atomic E-state index is 12.5. The molecule has 12 heteroatoms. The van der Waals surface area contributed by atoms with Crippen LogP contribution in [-0.2, 0) is 37.5 Å². The smallest absolute Gasteiger partial charge is 0.472 e. The van der Waals surface area contributed by atoms with E-state index >= 15 is 0 Å². The van der Waals surface area contributed by atoms with Gasteiger partial charge in [-0.1, -0.05) is 129 Å². The van der Waals surface area contributed by atoms with Crippen molar-refractivity contribution in [3.05, 3.63) is 12.2 Å². The van der Waals surface area contributed by atoms with Crippen LogP contribution in [0.25, 0.3) is 0 Å². The third-order valence-electron chi connectivity index (χ3n) is 7.76. The number of nitrogens with two attached hydrogens (primary N) is 1. The van der Waals surface area contributed by atoms with Gasteiger partial charge >= 0.3 is 25.7 Å². The van der Waals surface area contributed by atoms with Crippen molar-refractivity contribution < 1.29 is 47.5 Å². The Morgan fingerprint density at radius 2 is 1.09 bits per heavy atom. The molecule has 0 spiro atoms. The van der Waals surface area contributed by atoms with Crippen LogP contribution >= 0.6 is 7.82 Å². The lowest BCUT2D eigenvalue weighted by molar-refractivity contribution is -0.161. The molecular weight excluding hydrogens is 625 g/mol. The van der Waals surface area contributed by atoms with Crippen molar-refractivity contribution in [3.63, 3.8) is 0 Å². The average Bonchev–Trinajstić information content (AvgIpc) is 3.04. The molecule has 0 rings (SSSR count). The standard InChI is InChI=1S/C35H66NO10P/c1-3-5-7-9-11-13-14-15-16-17-18-19-21-23-25-27-34(38)46-31(29-44-47(41,42)45-30-32(36)35(39)40)28-43-33(37)26-24-22-20-12-10-8-6-4-2/h9,11,31-32H,3-8,10,12-30,36H2,1-2H3,(H,39,40)(H,41,42)/b11-9+/t31-,32-/m0/s1. The van der Waals surface area contributed by atoms with E-state index in [4.69, 9.17) is 24.8 Å². The average molecular weight is 692 g/mol. The number of ether oxygens (including phenoxy) is 2. The molecule has 0 aliphatic heterocycles. The number of carboxylic acids is 1. The number of rotatable bonds is 34. The fourth-order valence-electron chi connectivity index (χ4n) is 4.81. The maximum Gasteiger partial charge on any atom is 0.472 e. The molecule has 0 heterocycles. The van der Waals surface area contributed by atoms with E-state index in [-0.39, 0.29) is 19.4 Å². The molecule has 0 saturated heterocycles. The van der Waals surface area contributed by atoms with Crippen molar-refractivity contribution in [2.24, 2.45) is 5.73 Å². The number of aliphatic carboxylic acids is 1. The van der Waals surface area contributed by atoms with Gasteiger partial charge in [0.1, 0.15) is 12.6 Å². The predicted octanol–water partition coefficient (Wildman–Crippen LogP) is 8.56. The second kappa shape index (κ2) is 31.5. The third-order valence-corrected chi connectivity index (χ3v) is 8.71. The van der Waals surface area contributed by atoms with Crippen molar-refractivity contribution in [3.8, 4) is 0 Å². The van der Waals surface area contributed by atoms with Crippen LogP contribution in [0.4, 0.5) is 0 Å². The van der Waals surface area contributed by atoms with Gasteiger partial charge in [0.05, 0.1) is 13.2 Å². The summed E-state index contributed by atoms with van der Waals surface area (Å²) in [7, 11) is -4.70. The molecule has 0 aliphatic carbocycles. The van der Waals surface area contributed by atoms with Gasteiger partial charge in [0.25, 0.3) is 0 Å². The molecular formula is C35H66NO10P. The zero-order valence-corrected chi connectivity index (χ0v) is 30.3. The first-order valence-electron chi connectivity index (χ1n) is 18.2. The van der Waals surface area contributed by atoms with Gasteiger partial charge in [0.2, 0.25) is 0 Å². The second-order valence-electron chi connectivity index (χ2n) is 12.4. The lowest BCUT2D eigenvalue weighted by Gasteiger charge is -2.20. The normalized spacial score (nSPS) is 14.1. The zero-order valence-electron chi connectivity index (χ0n) is 29.4. The van der Waals surface area contributed by atoms with Gasteiger partial charge in [-0.25, -0.2) is 4.57 Å². The Labute approximate surface area is 284 Å². The Morgan fingerprint density at radius 1 is 0.638 bits per heavy atom. The Bertz CT molecular complexity index is 869.